The second-order valence-corrected chi connectivity index (χ2v) is 20.6. The number of nitrogens with zero attached hydrogens (tertiary/aromatic N) is 2. The van der Waals surface area contributed by atoms with Crippen molar-refractivity contribution < 1.29 is 0 Å². The second-order valence-electron chi connectivity index (χ2n) is 16.8. The summed E-state index contributed by atoms with van der Waals surface area (Å²) in [5.74, 6) is 0. The predicted molar refractivity (Wildman–Crippen MR) is 269 cm³/mol. The lowest BCUT2D eigenvalue weighted by atomic mass is 10.0. The maximum atomic E-state index is 2.57. The molecule has 1 aliphatic heterocycles. The fraction of sp³-hybridized carbons (Fsp3) is 0. The fourth-order valence-electron chi connectivity index (χ4n) is 10.8. The third-order valence-electron chi connectivity index (χ3n) is 13.6. The Balaban J connectivity index is 1.08. The Morgan fingerprint density at radius 2 is 0.730 bits per heavy atom. The van der Waals surface area contributed by atoms with Gasteiger partial charge in [0.25, 0.3) is 0 Å². The van der Waals surface area contributed by atoms with Crippen LogP contribution in [-0.2, 0) is 0 Å². The van der Waals surface area contributed by atoms with Crippen molar-refractivity contribution in [2.45, 2.75) is 0 Å². The molecule has 0 saturated carbocycles. The van der Waals surface area contributed by atoms with Gasteiger partial charge in [0.2, 0.25) is 0 Å². The lowest BCUT2D eigenvalue weighted by Gasteiger charge is -2.40. The molecule has 0 N–H and O–H groups in total. The van der Waals surface area contributed by atoms with E-state index in [0.717, 1.165) is 5.69 Å². The Bertz CT molecular complexity index is 3620. The predicted octanol–water partition coefficient (Wildman–Crippen LogP) is 12.6. The van der Waals surface area contributed by atoms with Gasteiger partial charge in [-0.05, 0) is 103 Å². The van der Waals surface area contributed by atoms with Crippen molar-refractivity contribution in [1.29, 1.82) is 0 Å². The number of hydrogen-bond donors (Lipinski definition) is 0. The Morgan fingerprint density at radius 1 is 0.270 bits per heavy atom. The van der Waals surface area contributed by atoms with Crippen molar-refractivity contribution in [2.24, 2.45) is 0 Å². The summed E-state index contributed by atoms with van der Waals surface area (Å²) in [5.41, 5.74) is 14.7. The molecule has 12 aromatic rings. The summed E-state index contributed by atoms with van der Waals surface area (Å²) in [6.45, 7) is 0. The average molecular weight is 817 g/mol. The molecule has 0 spiro atoms. The monoisotopic (exact) mass is 816 g/mol. The third kappa shape index (κ3) is 5.30. The van der Waals surface area contributed by atoms with E-state index in [2.05, 4.69) is 252 Å². The van der Waals surface area contributed by atoms with Gasteiger partial charge in [-0.15, -0.1) is 0 Å². The number of benzene rings is 10. The molecule has 0 bridgehead atoms. The molecule has 0 amide bonds. The van der Waals surface area contributed by atoms with Crippen LogP contribution in [0.3, 0.4) is 0 Å². The van der Waals surface area contributed by atoms with E-state index in [1.54, 1.807) is 0 Å². The molecule has 0 aliphatic carbocycles. The van der Waals surface area contributed by atoms with Crippen molar-refractivity contribution in [3.63, 3.8) is 0 Å². The van der Waals surface area contributed by atoms with Gasteiger partial charge in [0.15, 0.2) is 8.07 Å². The zero-order valence-electron chi connectivity index (χ0n) is 34.5. The molecule has 1 atom stereocenters. The molecule has 1 aliphatic rings. The lowest BCUT2D eigenvalue weighted by molar-refractivity contribution is 1.17. The number of rotatable bonds is 6. The first kappa shape index (κ1) is 35.7. The maximum Gasteiger partial charge on any atom is 0.184 e. The quantitative estimate of drug-likeness (QED) is 0.148. The summed E-state index contributed by atoms with van der Waals surface area (Å²) >= 11 is 0. The van der Waals surface area contributed by atoms with Gasteiger partial charge in [0, 0.05) is 32.9 Å². The van der Waals surface area contributed by atoms with Crippen LogP contribution < -0.4 is 20.7 Å². The standard InChI is InChI=1S/C60H40N2Si/c1-5-17-41(18-6-1)44-23-15-26-49(37-44)63(48-24-11-4-12-25-48)58-29-14-13-28-57(58)62-56-36-33-47(40-53(56)50-27-16-30-59(63)60(50)62)61-54-34-31-45(42-19-7-2-8-20-42)38-51(54)52-39-46(32-35-55(52)61)43-21-9-3-10-22-43/h1-40H. The Hall–Kier alpha value is -7.98. The Labute approximate surface area is 367 Å². The number of fused-ring (bicyclic) bond motifs is 8. The van der Waals surface area contributed by atoms with Crippen LogP contribution in [0.1, 0.15) is 0 Å². The minimum absolute atomic E-state index is 1.15. The van der Waals surface area contributed by atoms with Gasteiger partial charge in [0.1, 0.15) is 0 Å². The van der Waals surface area contributed by atoms with Gasteiger partial charge >= 0.3 is 0 Å². The largest absolute Gasteiger partial charge is 0.309 e. The number of hydrogen-bond acceptors (Lipinski definition) is 0. The van der Waals surface area contributed by atoms with Crippen molar-refractivity contribution in [3.05, 3.63) is 243 Å². The fourth-order valence-corrected chi connectivity index (χ4v) is 16.0. The van der Waals surface area contributed by atoms with E-state index >= 15 is 0 Å². The Kier molecular flexibility index (Phi) is 7.96. The molecule has 0 fully saturated rings. The summed E-state index contributed by atoms with van der Waals surface area (Å²) < 4.78 is 5.05. The number of para-hydroxylation sites is 2. The first-order chi connectivity index (χ1) is 31.3. The van der Waals surface area contributed by atoms with E-state index in [1.165, 1.54) is 103 Å². The van der Waals surface area contributed by atoms with Crippen LogP contribution in [0.5, 0.6) is 0 Å². The van der Waals surface area contributed by atoms with E-state index in [0.29, 0.717) is 0 Å². The van der Waals surface area contributed by atoms with Crippen LogP contribution in [0, 0.1) is 0 Å². The zero-order chi connectivity index (χ0) is 41.5. The van der Waals surface area contributed by atoms with Crippen molar-refractivity contribution >= 4 is 72.4 Å². The third-order valence-corrected chi connectivity index (χ3v) is 18.4. The summed E-state index contributed by atoms with van der Waals surface area (Å²) in [5, 5.41) is 10.6. The molecule has 1 unspecified atom stereocenters. The summed E-state index contributed by atoms with van der Waals surface area (Å²) in [4.78, 5) is 0. The molecule has 3 heterocycles. The molecule has 3 heteroatoms. The first-order valence-electron chi connectivity index (χ1n) is 21.8. The maximum absolute atomic E-state index is 2.87. The summed E-state index contributed by atoms with van der Waals surface area (Å²) in [7, 11) is -2.87. The van der Waals surface area contributed by atoms with E-state index in [4.69, 9.17) is 0 Å². The van der Waals surface area contributed by atoms with Crippen molar-refractivity contribution in [1.82, 2.24) is 9.13 Å². The molecule has 13 rings (SSSR count). The van der Waals surface area contributed by atoms with Crippen molar-refractivity contribution in [2.75, 3.05) is 0 Å². The van der Waals surface area contributed by atoms with Crippen LogP contribution >= 0.6 is 0 Å². The van der Waals surface area contributed by atoms with Gasteiger partial charge < -0.3 is 9.13 Å². The van der Waals surface area contributed by atoms with E-state index < -0.39 is 8.07 Å². The minimum Gasteiger partial charge on any atom is -0.309 e. The van der Waals surface area contributed by atoms with Gasteiger partial charge in [-0.2, -0.15) is 0 Å². The highest BCUT2D eigenvalue weighted by molar-refractivity contribution is 7.21. The first-order valence-corrected chi connectivity index (χ1v) is 23.8. The SMILES string of the molecule is c1ccc(-c2cccc([Si]3(c4ccccc4)c4ccccc4-n4c5ccc(-n6c7ccc(-c8ccccc8)cc7c7cc(-c8ccccc8)ccc76)cc5c5cccc3c54)c2)cc1. The molecule has 294 valence electrons. The van der Waals surface area contributed by atoms with Gasteiger partial charge in [0.05, 0.1) is 22.1 Å². The molecule has 0 radical (unpaired) electrons. The van der Waals surface area contributed by atoms with Gasteiger partial charge in [-0.3, -0.25) is 0 Å². The highest BCUT2D eigenvalue weighted by Gasteiger charge is 2.47. The lowest BCUT2D eigenvalue weighted by Crippen LogP contribution is -2.76. The van der Waals surface area contributed by atoms with Crippen LogP contribution in [0.2, 0.25) is 0 Å². The van der Waals surface area contributed by atoms with Crippen LogP contribution in [0.25, 0.3) is 88.4 Å². The highest BCUT2D eigenvalue weighted by atomic mass is 28.3. The van der Waals surface area contributed by atoms with E-state index in [9.17, 15) is 0 Å². The number of aromatic nitrogens is 2. The molecule has 0 saturated heterocycles. The molecular formula is C60H40N2Si. The Morgan fingerprint density at radius 3 is 1.37 bits per heavy atom. The van der Waals surface area contributed by atoms with Gasteiger partial charge in [-0.25, -0.2) is 0 Å². The highest BCUT2D eigenvalue weighted by Crippen LogP contribution is 2.40. The van der Waals surface area contributed by atoms with Crippen LogP contribution in [0.15, 0.2) is 243 Å². The molecule has 10 aromatic carbocycles. The van der Waals surface area contributed by atoms with Crippen molar-refractivity contribution in [3.8, 4) is 44.8 Å². The smallest absolute Gasteiger partial charge is 0.184 e. The van der Waals surface area contributed by atoms with Crippen LogP contribution in [-0.4, -0.2) is 17.2 Å². The molecule has 2 aromatic heterocycles. The second kappa shape index (κ2) is 14.0. The van der Waals surface area contributed by atoms with E-state index in [-0.39, 0.29) is 0 Å². The van der Waals surface area contributed by atoms with Gasteiger partial charge in [-0.1, -0.05) is 194 Å². The minimum atomic E-state index is -2.87. The van der Waals surface area contributed by atoms with E-state index in [1.807, 2.05) is 0 Å². The normalized spacial score (nSPS) is 14.4. The zero-order valence-corrected chi connectivity index (χ0v) is 35.5. The summed E-state index contributed by atoms with van der Waals surface area (Å²) in [6.07, 6.45) is 0. The summed E-state index contributed by atoms with van der Waals surface area (Å²) in [6, 6.07) is 90.5. The topological polar surface area (TPSA) is 9.86 Å². The average Bonchev–Trinajstić information content (AvgIpc) is 3.88. The molecule has 63 heavy (non-hydrogen) atoms. The van der Waals surface area contributed by atoms with Crippen LogP contribution in [0.4, 0.5) is 0 Å². The molecular weight excluding hydrogens is 777 g/mol. The molecule has 2 nitrogen and oxygen atoms in total.